The molecule has 3 nitrogen and oxygen atoms in total. The summed E-state index contributed by atoms with van der Waals surface area (Å²) in [5.74, 6) is 2.06. The number of rotatable bonds is 4. The summed E-state index contributed by atoms with van der Waals surface area (Å²) in [7, 11) is 0. The van der Waals surface area contributed by atoms with E-state index >= 15 is 0 Å². The second-order valence-corrected chi connectivity index (χ2v) is 5.09. The van der Waals surface area contributed by atoms with E-state index in [2.05, 4.69) is 36.1 Å². The SMILES string of the molecule is CCC1CC1Nc1ncnc(Cl)c1C(C)C. The van der Waals surface area contributed by atoms with E-state index in [4.69, 9.17) is 11.6 Å². The van der Waals surface area contributed by atoms with E-state index in [0.717, 1.165) is 17.3 Å². The average molecular weight is 240 g/mol. The summed E-state index contributed by atoms with van der Waals surface area (Å²) in [6, 6.07) is 0.577. The largest absolute Gasteiger partial charge is 0.367 e. The maximum absolute atomic E-state index is 6.11. The molecular formula is C12H18ClN3. The van der Waals surface area contributed by atoms with Gasteiger partial charge in [-0.2, -0.15) is 0 Å². The minimum Gasteiger partial charge on any atom is -0.367 e. The van der Waals surface area contributed by atoms with Gasteiger partial charge in [-0.3, -0.25) is 0 Å². The van der Waals surface area contributed by atoms with Crippen molar-refractivity contribution in [3.05, 3.63) is 17.0 Å². The first-order valence-electron chi connectivity index (χ1n) is 5.90. The molecule has 0 bridgehead atoms. The quantitative estimate of drug-likeness (QED) is 0.818. The molecule has 0 aliphatic heterocycles. The molecule has 2 atom stereocenters. The Morgan fingerprint density at radius 3 is 2.81 bits per heavy atom. The zero-order valence-electron chi connectivity index (χ0n) is 10.00. The van der Waals surface area contributed by atoms with Crippen LogP contribution in [0.5, 0.6) is 0 Å². The maximum Gasteiger partial charge on any atom is 0.138 e. The molecule has 1 aromatic heterocycles. The number of aromatic nitrogens is 2. The molecule has 0 spiro atoms. The third-order valence-corrected chi connectivity index (χ3v) is 3.48. The highest BCUT2D eigenvalue weighted by atomic mass is 35.5. The Bertz CT molecular complexity index is 379. The van der Waals surface area contributed by atoms with Crippen molar-refractivity contribution < 1.29 is 0 Å². The summed E-state index contributed by atoms with van der Waals surface area (Å²) in [6.45, 7) is 6.45. The highest BCUT2D eigenvalue weighted by Gasteiger charge is 2.36. The molecule has 1 aliphatic rings. The van der Waals surface area contributed by atoms with Gasteiger partial charge in [0.15, 0.2) is 0 Å². The van der Waals surface area contributed by atoms with Crippen molar-refractivity contribution in [2.45, 2.75) is 45.6 Å². The summed E-state index contributed by atoms with van der Waals surface area (Å²) in [5.41, 5.74) is 1.03. The number of halogens is 1. The van der Waals surface area contributed by atoms with Crippen LogP contribution in [0.1, 0.15) is 45.1 Å². The van der Waals surface area contributed by atoms with Crippen molar-refractivity contribution in [2.24, 2.45) is 5.92 Å². The van der Waals surface area contributed by atoms with Crippen molar-refractivity contribution in [1.82, 2.24) is 9.97 Å². The second-order valence-electron chi connectivity index (χ2n) is 4.74. The predicted octanol–water partition coefficient (Wildman–Crippen LogP) is 3.46. The zero-order valence-corrected chi connectivity index (χ0v) is 10.8. The molecule has 4 heteroatoms. The van der Waals surface area contributed by atoms with Crippen LogP contribution in [-0.2, 0) is 0 Å². The minimum absolute atomic E-state index is 0.343. The number of nitrogens with one attached hydrogen (secondary N) is 1. The van der Waals surface area contributed by atoms with Crippen LogP contribution in [0.4, 0.5) is 5.82 Å². The first-order valence-corrected chi connectivity index (χ1v) is 6.28. The third-order valence-electron chi connectivity index (χ3n) is 3.18. The Morgan fingerprint density at radius 2 is 2.25 bits per heavy atom. The molecule has 2 unspecified atom stereocenters. The Kier molecular flexibility index (Phi) is 3.33. The Hall–Kier alpha value is -0.830. The van der Waals surface area contributed by atoms with Gasteiger partial charge in [0.25, 0.3) is 0 Å². The first kappa shape index (κ1) is 11.6. The molecule has 1 saturated carbocycles. The lowest BCUT2D eigenvalue weighted by Crippen LogP contribution is -2.10. The lowest BCUT2D eigenvalue weighted by atomic mass is 10.1. The topological polar surface area (TPSA) is 37.8 Å². The maximum atomic E-state index is 6.11. The third kappa shape index (κ3) is 2.29. The van der Waals surface area contributed by atoms with Gasteiger partial charge in [-0.1, -0.05) is 38.8 Å². The fourth-order valence-electron chi connectivity index (χ4n) is 2.05. The molecule has 16 heavy (non-hydrogen) atoms. The Morgan fingerprint density at radius 1 is 1.50 bits per heavy atom. The molecular weight excluding hydrogens is 222 g/mol. The van der Waals surface area contributed by atoms with Crippen molar-refractivity contribution in [3.8, 4) is 0 Å². The highest BCUT2D eigenvalue weighted by Crippen LogP contribution is 2.38. The molecule has 1 N–H and O–H groups in total. The first-order chi connectivity index (χ1) is 7.63. The summed E-state index contributed by atoms with van der Waals surface area (Å²) < 4.78 is 0. The predicted molar refractivity (Wildman–Crippen MR) is 66.9 cm³/mol. The van der Waals surface area contributed by atoms with Crippen molar-refractivity contribution in [2.75, 3.05) is 5.32 Å². The fraction of sp³-hybridized carbons (Fsp3) is 0.667. The number of hydrogen-bond acceptors (Lipinski definition) is 3. The van der Waals surface area contributed by atoms with Crippen molar-refractivity contribution >= 4 is 17.4 Å². The molecule has 1 aliphatic carbocycles. The van der Waals surface area contributed by atoms with E-state index in [-0.39, 0.29) is 0 Å². The zero-order chi connectivity index (χ0) is 11.7. The molecule has 0 radical (unpaired) electrons. The highest BCUT2D eigenvalue weighted by molar-refractivity contribution is 6.30. The molecule has 2 rings (SSSR count). The van der Waals surface area contributed by atoms with E-state index in [1.165, 1.54) is 19.2 Å². The standard InChI is InChI=1S/C12H18ClN3/c1-4-8-5-9(8)16-12-10(7(2)3)11(13)14-6-15-12/h6-9H,4-5H2,1-3H3,(H,14,15,16). The number of anilines is 1. The molecule has 1 aromatic rings. The van der Waals surface area contributed by atoms with Gasteiger partial charge in [-0.25, -0.2) is 9.97 Å². The molecule has 0 saturated heterocycles. The normalized spacial score (nSPS) is 23.6. The van der Waals surface area contributed by atoms with Gasteiger partial charge in [0.1, 0.15) is 17.3 Å². The average Bonchev–Trinajstić information content (AvgIpc) is 2.96. The second kappa shape index (κ2) is 4.58. The van der Waals surface area contributed by atoms with Crippen LogP contribution in [0.15, 0.2) is 6.33 Å². The summed E-state index contributed by atoms with van der Waals surface area (Å²) >= 11 is 6.11. The van der Waals surface area contributed by atoms with Gasteiger partial charge in [-0.05, 0) is 18.3 Å². The summed E-state index contributed by atoms with van der Waals surface area (Å²) in [4.78, 5) is 8.35. The smallest absolute Gasteiger partial charge is 0.138 e. The van der Waals surface area contributed by atoms with Gasteiger partial charge in [0, 0.05) is 11.6 Å². The van der Waals surface area contributed by atoms with Crippen LogP contribution in [0.25, 0.3) is 0 Å². The van der Waals surface area contributed by atoms with Gasteiger partial charge in [-0.15, -0.1) is 0 Å². The fourth-order valence-corrected chi connectivity index (χ4v) is 2.40. The lowest BCUT2D eigenvalue weighted by molar-refractivity contribution is 0.769. The molecule has 88 valence electrons. The molecule has 1 heterocycles. The van der Waals surface area contributed by atoms with Crippen LogP contribution in [0, 0.1) is 5.92 Å². The van der Waals surface area contributed by atoms with E-state index in [1.54, 1.807) is 0 Å². The van der Waals surface area contributed by atoms with E-state index < -0.39 is 0 Å². The van der Waals surface area contributed by atoms with Crippen LogP contribution < -0.4 is 5.32 Å². The van der Waals surface area contributed by atoms with Crippen LogP contribution in [0.2, 0.25) is 5.15 Å². The van der Waals surface area contributed by atoms with Gasteiger partial charge in [0.05, 0.1) is 0 Å². The van der Waals surface area contributed by atoms with E-state index in [0.29, 0.717) is 17.1 Å². The van der Waals surface area contributed by atoms with Gasteiger partial charge in [0.2, 0.25) is 0 Å². The Balaban J connectivity index is 2.17. The van der Waals surface area contributed by atoms with Crippen molar-refractivity contribution in [1.29, 1.82) is 0 Å². The van der Waals surface area contributed by atoms with Gasteiger partial charge < -0.3 is 5.32 Å². The van der Waals surface area contributed by atoms with Crippen LogP contribution in [-0.4, -0.2) is 16.0 Å². The minimum atomic E-state index is 0.343. The Labute approximate surface area is 102 Å². The van der Waals surface area contributed by atoms with Gasteiger partial charge >= 0.3 is 0 Å². The number of hydrogen-bond donors (Lipinski definition) is 1. The van der Waals surface area contributed by atoms with E-state index in [9.17, 15) is 0 Å². The van der Waals surface area contributed by atoms with Crippen LogP contribution in [0.3, 0.4) is 0 Å². The van der Waals surface area contributed by atoms with Crippen LogP contribution >= 0.6 is 11.6 Å². The molecule has 1 fully saturated rings. The molecule has 0 aromatic carbocycles. The molecule has 0 amide bonds. The lowest BCUT2D eigenvalue weighted by Gasteiger charge is -2.14. The summed E-state index contributed by atoms with van der Waals surface area (Å²) in [5, 5.41) is 4.04. The summed E-state index contributed by atoms with van der Waals surface area (Å²) in [6.07, 6.45) is 4.00. The number of nitrogens with zero attached hydrogens (tertiary/aromatic N) is 2. The monoisotopic (exact) mass is 239 g/mol. The van der Waals surface area contributed by atoms with Crippen molar-refractivity contribution in [3.63, 3.8) is 0 Å². The van der Waals surface area contributed by atoms with E-state index in [1.807, 2.05) is 0 Å².